The predicted octanol–water partition coefficient (Wildman–Crippen LogP) is 7.52. The number of thiophene rings is 2. The normalized spacial score (nSPS) is 11.7. The number of ether oxygens (including phenoxy) is 1. The fraction of sp³-hybridized carbons (Fsp3) is 0.414. The van der Waals surface area contributed by atoms with E-state index in [4.69, 9.17) is 10.3 Å². The molecule has 224 valence electrons. The van der Waals surface area contributed by atoms with Gasteiger partial charge in [0, 0.05) is 33.4 Å². The van der Waals surface area contributed by atoms with E-state index in [0.717, 1.165) is 15.3 Å². The summed E-state index contributed by atoms with van der Waals surface area (Å²) in [5, 5.41) is 20.0. The number of alkyl carbamates (subject to hydrolysis) is 1. The molecule has 0 spiro atoms. The van der Waals surface area contributed by atoms with E-state index in [1.165, 1.54) is 4.90 Å². The zero-order valence-electron chi connectivity index (χ0n) is 23.9. The van der Waals surface area contributed by atoms with Crippen LogP contribution in [-0.2, 0) is 29.2 Å². The van der Waals surface area contributed by atoms with Gasteiger partial charge in [0.15, 0.2) is 0 Å². The molecule has 0 saturated heterocycles. The van der Waals surface area contributed by atoms with Crippen molar-refractivity contribution in [2.45, 2.75) is 71.3 Å². The lowest BCUT2D eigenvalue weighted by molar-refractivity contribution is -0.135. The van der Waals surface area contributed by atoms with Crippen molar-refractivity contribution in [3.05, 3.63) is 85.1 Å². The first-order valence-electron chi connectivity index (χ1n) is 13.5. The number of nitrogens with zero attached hydrogens (tertiary/aromatic N) is 5. The summed E-state index contributed by atoms with van der Waals surface area (Å²) >= 11 is 3.12. The average molecular weight is 613 g/mol. The van der Waals surface area contributed by atoms with E-state index in [2.05, 4.69) is 15.3 Å². The molecule has 2 N–H and O–H groups in total. The molecule has 1 aromatic carbocycles. The van der Waals surface area contributed by atoms with Gasteiger partial charge in [-0.05, 0) is 74.0 Å². The summed E-state index contributed by atoms with van der Waals surface area (Å²) in [6, 6.07) is 13.7. The Morgan fingerprint density at radius 3 is 2.10 bits per heavy atom. The molecule has 0 aliphatic carbocycles. The molecule has 1 atom stereocenters. The summed E-state index contributed by atoms with van der Waals surface area (Å²) < 4.78 is 5.45. The molecular formula is C29H36N6O5S2. The number of carbonyl (C=O) groups is 3. The van der Waals surface area contributed by atoms with Crippen LogP contribution in [0, 0.1) is 0 Å². The van der Waals surface area contributed by atoms with Crippen LogP contribution in [0.1, 0.15) is 55.4 Å². The molecule has 0 aliphatic heterocycles. The van der Waals surface area contributed by atoms with Crippen molar-refractivity contribution in [2.24, 2.45) is 5.11 Å². The molecule has 3 amide bonds. The van der Waals surface area contributed by atoms with Gasteiger partial charge in [-0.2, -0.15) is 0 Å². The summed E-state index contributed by atoms with van der Waals surface area (Å²) in [5.41, 5.74) is 9.04. The Balaban J connectivity index is 1.68. The van der Waals surface area contributed by atoms with Crippen molar-refractivity contribution in [1.82, 2.24) is 15.1 Å². The molecule has 0 fully saturated rings. The van der Waals surface area contributed by atoms with E-state index in [1.807, 2.05) is 35.0 Å². The third kappa shape index (κ3) is 11.1. The molecule has 2 heterocycles. The molecule has 0 radical (unpaired) electrons. The fourth-order valence-corrected chi connectivity index (χ4v) is 5.59. The highest BCUT2D eigenvalue weighted by atomic mass is 32.1. The van der Waals surface area contributed by atoms with Crippen molar-refractivity contribution in [3.8, 4) is 0 Å². The molecule has 0 aliphatic rings. The van der Waals surface area contributed by atoms with Crippen LogP contribution in [0.4, 0.5) is 15.3 Å². The second-order valence-electron chi connectivity index (χ2n) is 10.6. The number of amides is 3. The highest BCUT2D eigenvalue weighted by molar-refractivity contribution is 7.10. The van der Waals surface area contributed by atoms with E-state index < -0.39 is 23.8 Å². The molecular weight excluding hydrogens is 576 g/mol. The maximum Gasteiger partial charge on any atom is 0.408 e. The minimum Gasteiger partial charge on any atom is -0.465 e. The number of carboxylic acid groups (broad SMARTS) is 1. The molecule has 42 heavy (non-hydrogen) atoms. The topological polar surface area (TPSA) is 148 Å². The number of azide groups is 1. The molecule has 0 saturated carbocycles. The summed E-state index contributed by atoms with van der Waals surface area (Å²) in [5.74, 6) is -0.224. The number of unbranched alkanes of at least 4 members (excludes halogenated alkanes) is 1. The minimum atomic E-state index is -1.06. The number of benzene rings is 1. The Morgan fingerprint density at radius 2 is 1.60 bits per heavy atom. The Hall–Kier alpha value is -4.06. The summed E-state index contributed by atoms with van der Waals surface area (Å²) in [6.45, 7) is 6.50. The molecule has 0 bridgehead atoms. The van der Waals surface area contributed by atoms with E-state index in [1.54, 1.807) is 72.6 Å². The van der Waals surface area contributed by atoms with Gasteiger partial charge in [0.2, 0.25) is 5.91 Å². The van der Waals surface area contributed by atoms with Crippen molar-refractivity contribution >= 4 is 46.5 Å². The van der Waals surface area contributed by atoms with Gasteiger partial charge in [0.1, 0.15) is 11.6 Å². The fourth-order valence-electron chi connectivity index (χ4n) is 4.15. The average Bonchev–Trinajstić information content (AvgIpc) is 3.63. The van der Waals surface area contributed by atoms with Gasteiger partial charge in [-0.25, -0.2) is 9.59 Å². The Bertz CT molecular complexity index is 1300. The Kier molecular flexibility index (Phi) is 12.2. The van der Waals surface area contributed by atoms with Crippen LogP contribution < -0.4 is 5.32 Å². The lowest BCUT2D eigenvalue weighted by atomic mass is 10.1. The predicted molar refractivity (Wildman–Crippen MR) is 164 cm³/mol. The van der Waals surface area contributed by atoms with Crippen LogP contribution in [0.15, 0.2) is 64.4 Å². The van der Waals surface area contributed by atoms with Crippen LogP contribution in [0.25, 0.3) is 10.4 Å². The second-order valence-corrected chi connectivity index (χ2v) is 12.7. The van der Waals surface area contributed by atoms with Gasteiger partial charge < -0.3 is 25.0 Å². The van der Waals surface area contributed by atoms with Gasteiger partial charge >= 0.3 is 12.2 Å². The zero-order valence-corrected chi connectivity index (χ0v) is 25.6. The molecule has 13 heteroatoms. The van der Waals surface area contributed by atoms with E-state index in [0.29, 0.717) is 38.0 Å². The number of nitrogens with one attached hydrogen (secondary N) is 1. The highest BCUT2D eigenvalue weighted by Gasteiger charge is 2.29. The third-order valence-electron chi connectivity index (χ3n) is 6.07. The maximum absolute atomic E-state index is 13.9. The number of hydrogen-bond donors (Lipinski definition) is 2. The molecule has 0 unspecified atom stereocenters. The summed E-state index contributed by atoms with van der Waals surface area (Å²) in [7, 11) is 0. The van der Waals surface area contributed by atoms with E-state index in [9.17, 15) is 19.5 Å². The summed E-state index contributed by atoms with van der Waals surface area (Å²) in [6.07, 6.45) is -0.440. The van der Waals surface area contributed by atoms with Crippen LogP contribution in [0.2, 0.25) is 0 Å². The lowest BCUT2D eigenvalue weighted by Gasteiger charge is -2.29. The largest absolute Gasteiger partial charge is 0.465 e. The van der Waals surface area contributed by atoms with Gasteiger partial charge in [0.25, 0.3) is 0 Å². The number of hydrogen-bond acceptors (Lipinski definition) is 7. The molecule has 3 aromatic rings. The number of rotatable bonds is 14. The molecule has 11 nitrogen and oxygen atoms in total. The quantitative estimate of drug-likeness (QED) is 0.0836. The van der Waals surface area contributed by atoms with Gasteiger partial charge in [-0.3, -0.25) is 4.79 Å². The summed E-state index contributed by atoms with van der Waals surface area (Å²) in [4.78, 5) is 46.3. The van der Waals surface area contributed by atoms with E-state index >= 15 is 0 Å². The van der Waals surface area contributed by atoms with Crippen molar-refractivity contribution in [2.75, 3.05) is 6.54 Å². The Labute approximate surface area is 253 Å². The minimum absolute atomic E-state index is 0.166. The second kappa shape index (κ2) is 15.8. The van der Waals surface area contributed by atoms with Gasteiger partial charge in [-0.1, -0.05) is 41.5 Å². The molecule has 2 aromatic heterocycles. The molecule has 3 rings (SSSR count). The first-order chi connectivity index (χ1) is 20.0. The van der Waals surface area contributed by atoms with Crippen LogP contribution in [0.5, 0.6) is 0 Å². The zero-order chi connectivity index (χ0) is 30.5. The van der Waals surface area contributed by atoms with Gasteiger partial charge in [0.05, 0.1) is 13.1 Å². The smallest absolute Gasteiger partial charge is 0.408 e. The van der Waals surface area contributed by atoms with Crippen molar-refractivity contribution in [1.29, 1.82) is 0 Å². The van der Waals surface area contributed by atoms with Crippen molar-refractivity contribution < 1.29 is 24.2 Å². The van der Waals surface area contributed by atoms with E-state index in [-0.39, 0.29) is 19.0 Å². The third-order valence-corrected chi connectivity index (χ3v) is 7.79. The monoisotopic (exact) mass is 612 g/mol. The lowest BCUT2D eigenvalue weighted by Crippen LogP contribution is -2.49. The number of carbonyl (C=O) groups excluding carboxylic acids is 2. The first kappa shape index (κ1) is 32.5. The Morgan fingerprint density at radius 1 is 0.976 bits per heavy atom. The standard InChI is InChI=1S/C29H36N6O5S2/c1-29(2,3)40-27(37)31-25(26(36)35(19-23-8-6-16-41-23)20-24-9-7-17-42-24)10-4-5-15-34(28(38)39)18-21-11-13-22(14-12-21)32-33-30/h6-9,11-14,16-17,25H,4-5,10,15,18-20H2,1-3H3,(H,31,37)(H,38,39)/t25-/m0/s1. The maximum atomic E-state index is 13.9. The highest BCUT2D eigenvalue weighted by Crippen LogP contribution is 2.20. The van der Waals surface area contributed by atoms with Gasteiger partial charge in [-0.15, -0.1) is 22.7 Å². The van der Waals surface area contributed by atoms with Crippen LogP contribution >= 0.6 is 22.7 Å². The van der Waals surface area contributed by atoms with Crippen LogP contribution in [-0.4, -0.2) is 51.2 Å². The SMILES string of the molecule is CC(C)(C)OC(=O)N[C@@H](CCCCN(Cc1ccc(N=[N+]=[N-])cc1)C(=O)O)C(=O)N(Cc1cccs1)Cc1cccs1. The first-order valence-corrected chi connectivity index (χ1v) is 15.2. The van der Waals surface area contributed by atoms with Crippen molar-refractivity contribution in [3.63, 3.8) is 0 Å². The van der Waals surface area contributed by atoms with Crippen LogP contribution in [0.3, 0.4) is 0 Å².